The molecule has 0 bridgehead atoms. The van der Waals surface area contributed by atoms with Gasteiger partial charge in [-0.1, -0.05) is 6.07 Å². The number of benzene rings is 2. The molecule has 1 amide bonds. The highest BCUT2D eigenvalue weighted by molar-refractivity contribution is 7.89. The van der Waals surface area contributed by atoms with Crippen molar-refractivity contribution in [1.29, 1.82) is 0 Å². The highest BCUT2D eigenvalue weighted by Crippen LogP contribution is 2.30. The van der Waals surface area contributed by atoms with Crippen molar-refractivity contribution in [3.63, 3.8) is 0 Å². The summed E-state index contributed by atoms with van der Waals surface area (Å²) < 4.78 is 33.4. The van der Waals surface area contributed by atoms with Crippen molar-refractivity contribution in [2.75, 3.05) is 26.6 Å². The minimum absolute atomic E-state index is 0.00795. The number of ether oxygens (including phenoxy) is 2. The maximum atomic E-state index is 12.6. The molecule has 28 heavy (non-hydrogen) atoms. The Labute approximate surface area is 165 Å². The van der Waals surface area contributed by atoms with Gasteiger partial charge in [0.05, 0.1) is 31.7 Å². The molecule has 0 fully saturated rings. The van der Waals surface area contributed by atoms with Crippen LogP contribution in [-0.2, 0) is 21.4 Å². The second-order valence-electron chi connectivity index (χ2n) is 6.46. The molecular formula is C19H26N3O5S+. The summed E-state index contributed by atoms with van der Waals surface area (Å²) in [6.45, 7) is 2.37. The van der Waals surface area contributed by atoms with Crippen molar-refractivity contribution in [3.8, 4) is 11.5 Å². The van der Waals surface area contributed by atoms with Crippen molar-refractivity contribution in [2.45, 2.75) is 24.4 Å². The van der Waals surface area contributed by atoms with Gasteiger partial charge in [0.25, 0.3) is 5.91 Å². The first-order valence-electron chi connectivity index (χ1n) is 8.63. The number of para-hydroxylation sites is 1. The number of amides is 1. The molecule has 152 valence electrons. The first kappa shape index (κ1) is 21.7. The van der Waals surface area contributed by atoms with Gasteiger partial charge in [-0.05, 0) is 43.3 Å². The van der Waals surface area contributed by atoms with E-state index in [-0.39, 0.29) is 16.8 Å². The minimum atomic E-state index is -3.76. The standard InChI is InChI=1S/C19H25N3O5S/c1-13(19(23)21-15-8-10-16(11-9-15)28(20,24)25)22(2)12-14-6-5-7-17(26-3)18(14)27-4/h5-11,13H,12H2,1-4H3,(H,21,23)(H2,20,24,25)/p+1/t13-/m1/s1. The van der Waals surface area contributed by atoms with Crippen molar-refractivity contribution in [3.05, 3.63) is 48.0 Å². The number of carbonyl (C=O) groups is 1. The van der Waals surface area contributed by atoms with Gasteiger partial charge in [0, 0.05) is 5.69 Å². The van der Waals surface area contributed by atoms with Crippen LogP contribution < -0.4 is 24.8 Å². The number of methoxy groups -OCH3 is 2. The van der Waals surface area contributed by atoms with Gasteiger partial charge in [-0.3, -0.25) is 4.79 Å². The highest BCUT2D eigenvalue weighted by atomic mass is 32.2. The highest BCUT2D eigenvalue weighted by Gasteiger charge is 2.24. The van der Waals surface area contributed by atoms with Gasteiger partial charge in [-0.2, -0.15) is 0 Å². The second kappa shape index (κ2) is 9.05. The van der Waals surface area contributed by atoms with Gasteiger partial charge in [-0.25, -0.2) is 13.6 Å². The Hall–Kier alpha value is -2.62. The zero-order valence-electron chi connectivity index (χ0n) is 16.4. The Bertz CT molecular complexity index is 929. The van der Waals surface area contributed by atoms with Gasteiger partial charge in [0.2, 0.25) is 10.0 Å². The molecule has 0 saturated carbocycles. The Morgan fingerprint density at radius 1 is 1.14 bits per heavy atom. The van der Waals surface area contributed by atoms with E-state index in [1.54, 1.807) is 14.2 Å². The first-order chi connectivity index (χ1) is 13.2. The van der Waals surface area contributed by atoms with Crippen molar-refractivity contribution in [2.24, 2.45) is 5.14 Å². The third kappa shape index (κ3) is 5.22. The lowest BCUT2D eigenvalue weighted by Crippen LogP contribution is -3.12. The number of anilines is 1. The van der Waals surface area contributed by atoms with Gasteiger partial charge >= 0.3 is 0 Å². The topological polar surface area (TPSA) is 112 Å². The van der Waals surface area contributed by atoms with Crippen LogP contribution in [0.1, 0.15) is 12.5 Å². The Kier molecular flexibility index (Phi) is 7.00. The monoisotopic (exact) mass is 408 g/mol. The lowest BCUT2D eigenvalue weighted by molar-refractivity contribution is -0.907. The van der Waals surface area contributed by atoms with Crippen LogP contribution in [0.25, 0.3) is 0 Å². The van der Waals surface area contributed by atoms with Crippen LogP contribution in [0.2, 0.25) is 0 Å². The molecule has 2 rings (SSSR count). The van der Waals surface area contributed by atoms with E-state index >= 15 is 0 Å². The van der Waals surface area contributed by atoms with E-state index < -0.39 is 10.0 Å². The van der Waals surface area contributed by atoms with Gasteiger partial charge in [0.15, 0.2) is 17.5 Å². The molecule has 1 unspecified atom stereocenters. The summed E-state index contributed by atoms with van der Waals surface area (Å²) in [4.78, 5) is 13.5. The number of nitrogens with one attached hydrogen (secondary N) is 2. The van der Waals surface area contributed by atoms with E-state index in [1.165, 1.54) is 24.3 Å². The predicted molar refractivity (Wildman–Crippen MR) is 106 cm³/mol. The van der Waals surface area contributed by atoms with E-state index in [0.29, 0.717) is 23.7 Å². The molecule has 0 radical (unpaired) electrons. The lowest BCUT2D eigenvalue weighted by atomic mass is 10.1. The van der Waals surface area contributed by atoms with Crippen LogP contribution in [-0.4, -0.2) is 41.6 Å². The Balaban J connectivity index is 2.07. The molecule has 9 heteroatoms. The first-order valence-corrected chi connectivity index (χ1v) is 10.2. The Morgan fingerprint density at radius 3 is 2.32 bits per heavy atom. The summed E-state index contributed by atoms with van der Waals surface area (Å²) in [6, 6.07) is 11.0. The normalized spacial score (nSPS) is 13.5. The number of likely N-dealkylation sites (N-methyl/N-ethyl adjacent to an activating group) is 1. The van der Waals surface area contributed by atoms with Crippen LogP contribution in [0.15, 0.2) is 47.4 Å². The number of hydrogen-bond acceptors (Lipinski definition) is 5. The summed E-state index contributed by atoms with van der Waals surface area (Å²) in [7, 11) is 1.31. The maximum absolute atomic E-state index is 12.6. The van der Waals surface area contributed by atoms with Gasteiger partial charge in [-0.15, -0.1) is 0 Å². The van der Waals surface area contributed by atoms with E-state index in [2.05, 4.69) is 5.32 Å². The van der Waals surface area contributed by atoms with Crippen molar-refractivity contribution < 1.29 is 27.6 Å². The fraction of sp³-hybridized carbons (Fsp3) is 0.316. The second-order valence-corrected chi connectivity index (χ2v) is 8.02. The average Bonchev–Trinajstić information content (AvgIpc) is 2.66. The predicted octanol–water partition coefficient (Wildman–Crippen LogP) is 0.393. The molecule has 2 atom stereocenters. The molecule has 0 saturated heterocycles. The van der Waals surface area contributed by atoms with Crippen LogP contribution in [0.4, 0.5) is 5.69 Å². The average molecular weight is 409 g/mol. The zero-order chi connectivity index (χ0) is 20.9. The third-order valence-electron chi connectivity index (χ3n) is 4.54. The number of nitrogens with two attached hydrogens (primary N) is 1. The molecule has 0 heterocycles. The molecule has 0 aliphatic carbocycles. The van der Waals surface area contributed by atoms with Gasteiger partial charge in [0.1, 0.15) is 6.54 Å². The quantitative estimate of drug-likeness (QED) is 0.585. The molecule has 2 aromatic rings. The van der Waals surface area contributed by atoms with Crippen molar-refractivity contribution >= 4 is 21.6 Å². The summed E-state index contributed by atoms with van der Waals surface area (Å²) in [5.74, 6) is 1.10. The molecule has 0 spiro atoms. The van der Waals surface area contributed by atoms with Gasteiger partial charge < -0.3 is 19.7 Å². The number of carbonyl (C=O) groups excluding carboxylic acids is 1. The van der Waals surface area contributed by atoms with Crippen LogP contribution >= 0.6 is 0 Å². The molecular weight excluding hydrogens is 382 g/mol. The number of hydrogen-bond donors (Lipinski definition) is 3. The fourth-order valence-electron chi connectivity index (χ4n) is 2.75. The smallest absolute Gasteiger partial charge is 0.282 e. The molecule has 8 nitrogen and oxygen atoms in total. The van der Waals surface area contributed by atoms with Crippen molar-refractivity contribution in [1.82, 2.24) is 0 Å². The van der Waals surface area contributed by atoms with E-state index in [9.17, 15) is 13.2 Å². The largest absolute Gasteiger partial charge is 0.493 e. The number of primary sulfonamides is 1. The summed E-state index contributed by atoms with van der Waals surface area (Å²) >= 11 is 0. The summed E-state index contributed by atoms with van der Waals surface area (Å²) in [5.41, 5.74) is 1.42. The lowest BCUT2D eigenvalue weighted by Gasteiger charge is -2.22. The number of quaternary nitrogens is 1. The minimum Gasteiger partial charge on any atom is -0.493 e. The van der Waals surface area contributed by atoms with E-state index in [1.807, 2.05) is 32.2 Å². The van der Waals surface area contributed by atoms with Crippen LogP contribution in [0.5, 0.6) is 11.5 Å². The SMILES string of the molecule is COc1cccc(C[NH+](C)[C@H](C)C(=O)Nc2ccc(S(N)(=O)=O)cc2)c1OC. The van der Waals surface area contributed by atoms with Crippen LogP contribution in [0, 0.1) is 0 Å². The zero-order valence-corrected chi connectivity index (χ0v) is 17.2. The molecule has 0 aromatic heterocycles. The third-order valence-corrected chi connectivity index (χ3v) is 5.47. The van der Waals surface area contributed by atoms with E-state index in [4.69, 9.17) is 14.6 Å². The van der Waals surface area contributed by atoms with E-state index in [0.717, 1.165) is 10.5 Å². The molecule has 4 N–H and O–H groups in total. The summed E-state index contributed by atoms with van der Waals surface area (Å²) in [5, 5.41) is 7.86. The fourth-order valence-corrected chi connectivity index (χ4v) is 3.26. The molecule has 0 aliphatic rings. The molecule has 2 aromatic carbocycles. The Morgan fingerprint density at radius 2 is 1.79 bits per heavy atom. The number of rotatable bonds is 8. The van der Waals surface area contributed by atoms with Crippen LogP contribution in [0.3, 0.4) is 0 Å². The summed E-state index contributed by atoms with van der Waals surface area (Å²) in [6.07, 6.45) is 0. The molecule has 0 aliphatic heterocycles. The number of sulfonamides is 1. The maximum Gasteiger partial charge on any atom is 0.282 e.